The highest BCUT2D eigenvalue weighted by molar-refractivity contribution is 6.17. The number of halogens is 1. The van der Waals surface area contributed by atoms with Crippen LogP contribution in [0.1, 0.15) is 55.6 Å². The maximum atomic E-state index is 5.73. The zero-order valence-corrected chi connectivity index (χ0v) is 12.0. The van der Waals surface area contributed by atoms with Gasteiger partial charge in [-0.1, -0.05) is 18.9 Å². The molecule has 0 saturated heterocycles. The number of aryl methyl sites for hydroxylation is 1. The van der Waals surface area contributed by atoms with E-state index in [9.17, 15) is 0 Å². The summed E-state index contributed by atoms with van der Waals surface area (Å²) in [5.74, 6) is 2.54. The Morgan fingerprint density at radius 3 is 2.94 bits per heavy atom. The largest absolute Gasteiger partial charge is 0.497 e. The Labute approximate surface area is 115 Å². The highest BCUT2D eigenvalue weighted by Gasteiger charge is 2.20. The maximum absolute atomic E-state index is 5.73. The van der Waals surface area contributed by atoms with Gasteiger partial charge in [0.25, 0.3) is 0 Å². The second-order valence-corrected chi connectivity index (χ2v) is 5.57. The summed E-state index contributed by atoms with van der Waals surface area (Å²) in [5.41, 5.74) is 3.07. The van der Waals surface area contributed by atoms with Gasteiger partial charge < -0.3 is 4.74 Å². The molecule has 0 spiro atoms. The number of hydrogen-bond donors (Lipinski definition) is 0. The SMILES string of the molecule is COc1ccc2c(c1)[C@@H](CCCCCCl)CCC2. The third-order valence-corrected chi connectivity index (χ3v) is 4.25. The van der Waals surface area contributed by atoms with Gasteiger partial charge >= 0.3 is 0 Å². The molecule has 1 aromatic rings. The Hall–Kier alpha value is -0.690. The van der Waals surface area contributed by atoms with Crippen molar-refractivity contribution >= 4 is 11.6 Å². The van der Waals surface area contributed by atoms with Crippen molar-refractivity contribution in [1.29, 1.82) is 0 Å². The minimum absolute atomic E-state index is 0.735. The van der Waals surface area contributed by atoms with E-state index in [1.54, 1.807) is 7.11 Å². The van der Waals surface area contributed by atoms with Crippen molar-refractivity contribution in [1.82, 2.24) is 0 Å². The van der Waals surface area contributed by atoms with Crippen LogP contribution in [0.2, 0.25) is 0 Å². The smallest absolute Gasteiger partial charge is 0.119 e. The normalized spacial score (nSPS) is 18.4. The quantitative estimate of drug-likeness (QED) is 0.525. The van der Waals surface area contributed by atoms with Crippen LogP contribution in [0.3, 0.4) is 0 Å². The summed E-state index contributed by atoms with van der Waals surface area (Å²) in [6, 6.07) is 6.59. The van der Waals surface area contributed by atoms with Gasteiger partial charge in [-0.3, -0.25) is 0 Å². The topological polar surface area (TPSA) is 9.23 Å². The van der Waals surface area contributed by atoms with E-state index in [4.69, 9.17) is 16.3 Å². The summed E-state index contributed by atoms with van der Waals surface area (Å²) < 4.78 is 5.35. The van der Waals surface area contributed by atoms with Crippen LogP contribution in [-0.4, -0.2) is 13.0 Å². The zero-order valence-electron chi connectivity index (χ0n) is 11.3. The molecule has 0 bridgehead atoms. The van der Waals surface area contributed by atoms with Crippen molar-refractivity contribution < 1.29 is 4.74 Å². The molecule has 0 aromatic heterocycles. The van der Waals surface area contributed by atoms with Crippen LogP contribution in [0.5, 0.6) is 5.75 Å². The number of fused-ring (bicyclic) bond motifs is 1. The molecule has 0 saturated carbocycles. The van der Waals surface area contributed by atoms with Gasteiger partial charge in [0.05, 0.1) is 7.11 Å². The Morgan fingerprint density at radius 2 is 2.17 bits per heavy atom. The first-order valence-electron chi connectivity index (χ1n) is 7.08. The van der Waals surface area contributed by atoms with Gasteiger partial charge in [-0.15, -0.1) is 11.6 Å². The average molecular weight is 267 g/mol. The van der Waals surface area contributed by atoms with E-state index in [-0.39, 0.29) is 0 Å². The molecular formula is C16H23ClO. The van der Waals surface area contributed by atoms with Crippen molar-refractivity contribution in [2.45, 2.75) is 50.9 Å². The van der Waals surface area contributed by atoms with Crippen molar-refractivity contribution in [2.75, 3.05) is 13.0 Å². The molecule has 1 aliphatic carbocycles. The van der Waals surface area contributed by atoms with Gasteiger partial charge in [0.2, 0.25) is 0 Å². The molecule has 1 atom stereocenters. The Morgan fingerprint density at radius 1 is 1.28 bits per heavy atom. The number of hydrogen-bond acceptors (Lipinski definition) is 1. The van der Waals surface area contributed by atoms with Gasteiger partial charge in [-0.25, -0.2) is 0 Å². The highest BCUT2D eigenvalue weighted by Crippen LogP contribution is 2.37. The summed E-state index contributed by atoms with van der Waals surface area (Å²) in [7, 11) is 1.75. The van der Waals surface area contributed by atoms with Crippen LogP contribution in [-0.2, 0) is 6.42 Å². The molecule has 0 fully saturated rings. The minimum atomic E-state index is 0.735. The standard InChI is InChI=1S/C16H23ClO/c1-18-15-10-9-14-8-5-7-13(16(14)12-15)6-3-2-4-11-17/h9-10,12-13H,2-8,11H2,1H3/t13-/m0/s1. The van der Waals surface area contributed by atoms with Crippen molar-refractivity contribution in [2.24, 2.45) is 0 Å². The van der Waals surface area contributed by atoms with Crippen LogP contribution >= 0.6 is 11.6 Å². The van der Waals surface area contributed by atoms with Crippen LogP contribution in [0, 0.1) is 0 Å². The molecule has 0 unspecified atom stereocenters. The second-order valence-electron chi connectivity index (χ2n) is 5.19. The van der Waals surface area contributed by atoms with E-state index in [2.05, 4.69) is 18.2 Å². The first-order valence-corrected chi connectivity index (χ1v) is 7.61. The third kappa shape index (κ3) is 3.41. The monoisotopic (exact) mass is 266 g/mol. The van der Waals surface area contributed by atoms with Crippen molar-refractivity contribution in [3.05, 3.63) is 29.3 Å². The van der Waals surface area contributed by atoms with Gasteiger partial charge in [0, 0.05) is 5.88 Å². The minimum Gasteiger partial charge on any atom is -0.497 e. The van der Waals surface area contributed by atoms with E-state index in [1.807, 2.05) is 0 Å². The third-order valence-electron chi connectivity index (χ3n) is 3.98. The first-order chi connectivity index (χ1) is 8.85. The summed E-state index contributed by atoms with van der Waals surface area (Å²) >= 11 is 5.73. The van der Waals surface area contributed by atoms with Gasteiger partial charge in [-0.05, 0) is 61.3 Å². The van der Waals surface area contributed by atoms with E-state index < -0.39 is 0 Å². The van der Waals surface area contributed by atoms with Gasteiger partial charge in [-0.2, -0.15) is 0 Å². The van der Waals surface area contributed by atoms with E-state index in [0.29, 0.717) is 0 Å². The molecule has 1 aromatic carbocycles. The second kappa shape index (κ2) is 7.04. The average Bonchev–Trinajstić information content (AvgIpc) is 2.43. The molecular weight excluding hydrogens is 244 g/mol. The van der Waals surface area contributed by atoms with E-state index in [1.165, 1.54) is 49.7 Å². The molecule has 0 amide bonds. The lowest BCUT2D eigenvalue weighted by Gasteiger charge is -2.26. The van der Waals surface area contributed by atoms with Gasteiger partial charge in [0.1, 0.15) is 5.75 Å². The lowest BCUT2D eigenvalue weighted by Crippen LogP contribution is -2.10. The highest BCUT2D eigenvalue weighted by atomic mass is 35.5. The van der Waals surface area contributed by atoms with Gasteiger partial charge in [0.15, 0.2) is 0 Å². The molecule has 0 heterocycles. The molecule has 1 nitrogen and oxygen atoms in total. The molecule has 2 heteroatoms. The van der Waals surface area contributed by atoms with Crippen LogP contribution in [0.15, 0.2) is 18.2 Å². The van der Waals surface area contributed by atoms with Crippen molar-refractivity contribution in [3.63, 3.8) is 0 Å². The number of benzene rings is 1. The fourth-order valence-corrected chi connectivity index (χ4v) is 3.15. The lowest BCUT2D eigenvalue weighted by atomic mass is 9.80. The molecule has 18 heavy (non-hydrogen) atoms. The number of ether oxygens (including phenoxy) is 1. The predicted octanol–water partition coefficient (Wildman–Crippen LogP) is 4.91. The predicted molar refractivity (Wildman–Crippen MR) is 77.9 cm³/mol. The first kappa shape index (κ1) is 13.7. The summed E-state index contributed by atoms with van der Waals surface area (Å²) in [4.78, 5) is 0. The van der Waals surface area contributed by atoms with E-state index in [0.717, 1.165) is 24.0 Å². The maximum Gasteiger partial charge on any atom is 0.119 e. The number of rotatable bonds is 6. The Kier molecular flexibility index (Phi) is 5.37. The molecule has 100 valence electrons. The molecule has 1 aliphatic rings. The fourth-order valence-electron chi connectivity index (χ4n) is 2.96. The summed E-state index contributed by atoms with van der Waals surface area (Å²) in [5, 5.41) is 0. The summed E-state index contributed by atoms with van der Waals surface area (Å²) in [6.45, 7) is 0. The van der Waals surface area contributed by atoms with E-state index >= 15 is 0 Å². The summed E-state index contributed by atoms with van der Waals surface area (Å²) in [6.07, 6.45) is 8.92. The van der Waals surface area contributed by atoms with Crippen molar-refractivity contribution in [3.8, 4) is 5.75 Å². The number of unbranched alkanes of at least 4 members (excludes halogenated alkanes) is 2. The Balaban J connectivity index is 2.01. The lowest BCUT2D eigenvalue weighted by molar-refractivity contribution is 0.411. The van der Waals surface area contributed by atoms with Crippen LogP contribution in [0.4, 0.5) is 0 Å². The molecule has 0 radical (unpaired) electrons. The zero-order chi connectivity index (χ0) is 12.8. The number of alkyl halides is 1. The number of methoxy groups -OCH3 is 1. The molecule has 0 N–H and O–H groups in total. The van der Waals surface area contributed by atoms with Crippen LogP contribution in [0.25, 0.3) is 0 Å². The Bertz CT molecular complexity index is 375. The molecule has 2 rings (SSSR count). The fraction of sp³-hybridized carbons (Fsp3) is 0.625. The van der Waals surface area contributed by atoms with Crippen LogP contribution < -0.4 is 4.74 Å². The molecule has 0 aliphatic heterocycles.